The molecule has 1 aliphatic carbocycles. The van der Waals surface area contributed by atoms with Gasteiger partial charge in [0.2, 0.25) is 10.0 Å². The Balaban J connectivity index is 1.59. The van der Waals surface area contributed by atoms with Crippen LogP contribution in [0.25, 0.3) is 0 Å². The molecule has 0 amide bonds. The third-order valence-corrected chi connectivity index (χ3v) is 8.15. The molecule has 7 heteroatoms. The Labute approximate surface area is 179 Å². The minimum Gasteiger partial charge on any atom is -0.381 e. The number of anilines is 1. The van der Waals surface area contributed by atoms with Gasteiger partial charge in [0.25, 0.3) is 0 Å². The van der Waals surface area contributed by atoms with E-state index in [-0.39, 0.29) is 16.4 Å². The minimum atomic E-state index is -3.58. The Morgan fingerprint density at radius 3 is 2.75 bits per heavy atom. The number of fused-ring (bicyclic) bond motifs is 3. The van der Waals surface area contributed by atoms with Crippen LogP contribution in [0.4, 0.5) is 5.69 Å². The van der Waals surface area contributed by atoms with Crippen LogP contribution in [0.3, 0.4) is 0 Å². The molecule has 4 rings (SSSR count). The fraction of sp³-hybridized carbons (Fsp3) is 0.333. The van der Waals surface area contributed by atoms with E-state index in [4.69, 9.17) is 11.6 Å². The molecule has 0 spiro atoms. The lowest BCUT2D eigenvalue weighted by Crippen LogP contribution is -2.45. The van der Waals surface area contributed by atoms with Crippen molar-refractivity contribution in [3.8, 4) is 0 Å². The zero-order chi connectivity index (χ0) is 19.9. The van der Waals surface area contributed by atoms with Crippen LogP contribution in [-0.2, 0) is 15.4 Å². The number of hydrogen-bond acceptors (Lipinski definition) is 3. The van der Waals surface area contributed by atoms with Crippen molar-refractivity contribution < 1.29 is 8.42 Å². The van der Waals surface area contributed by atoms with E-state index < -0.39 is 10.0 Å². The van der Waals surface area contributed by atoms with Gasteiger partial charge in [-0.25, -0.2) is 13.1 Å². The highest BCUT2D eigenvalue weighted by Gasteiger charge is 2.49. The van der Waals surface area contributed by atoms with Crippen LogP contribution in [0, 0.1) is 0 Å². The van der Waals surface area contributed by atoms with Gasteiger partial charge in [-0.05, 0) is 73.7 Å². The van der Waals surface area contributed by atoms with E-state index >= 15 is 0 Å². The fourth-order valence-corrected chi connectivity index (χ4v) is 6.09. The van der Waals surface area contributed by atoms with Crippen molar-refractivity contribution in [3.05, 3.63) is 69.7 Å². The Bertz CT molecular complexity index is 1020. The molecule has 1 aliphatic heterocycles. The molecule has 2 aromatic rings. The molecule has 2 aromatic carbocycles. The molecule has 2 N–H and O–H groups in total. The molecule has 28 heavy (non-hydrogen) atoms. The average molecular weight is 482 g/mol. The molecule has 1 fully saturated rings. The fourth-order valence-electron chi connectivity index (χ4n) is 4.57. The first-order valence-electron chi connectivity index (χ1n) is 9.33. The highest BCUT2D eigenvalue weighted by atomic mass is 79.9. The molecule has 1 heterocycles. The molecular formula is C21H22BrClN2O2S. The van der Waals surface area contributed by atoms with Gasteiger partial charge in [0.1, 0.15) is 0 Å². The standard InChI is InChI=1S/C21H22BrClN2O2S/c1-14-3-2-4-20-21(14,18-13-15(22)5-10-19(18)25-20)11-12-24-28(26,27)17-8-6-16(23)7-9-17/h5-10,13,20,24-25H,1-4,11-12H2/t20-,21-/m0/s1. The summed E-state index contributed by atoms with van der Waals surface area (Å²) >= 11 is 9.45. The number of sulfonamides is 1. The molecular weight excluding hydrogens is 460 g/mol. The smallest absolute Gasteiger partial charge is 0.240 e. The Morgan fingerprint density at radius 1 is 1.25 bits per heavy atom. The van der Waals surface area contributed by atoms with Crippen LogP contribution in [0.5, 0.6) is 0 Å². The maximum atomic E-state index is 12.7. The second-order valence-corrected chi connectivity index (χ2v) is 10.6. The minimum absolute atomic E-state index is 0.223. The quantitative estimate of drug-likeness (QED) is 0.574. The summed E-state index contributed by atoms with van der Waals surface area (Å²) in [5, 5.41) is 4.16. The first kappa shape index (κ1) is 20.0. The normalized spacial score (nSPS) is 23.8. The summed E-state index contributed by atoms with van der Waals surface area (Å²) in [4.78, 5) is 0.223. The summed E-state index contributed by atoms with van der Waals surface area (Å²) in [7, 11) is -3.58. The zero-order valence-electron chi connectivity index (χ0n) is 15.3. The summed E-state index contributed by atoms with van der Waals surface area (Å²) < 4.78 is 29.1. The monoisotopic (exact) mass is 480 g/mol. The van der Waals surface area contributed by atoms with Gasteiger partial charge in [0, 0.05) is 33.2 Å². The molecule has 2 aliphatic rings. The Hall–Kier alpha value is -1.34. The number of hydrogen-bond donors (Lipinski definition) is 2. The molecule has 148 valence electrons. The van der Waals surface area contributed by atoms with E-state index in [0.717, 1.165) is 29.4 Å². The van der Waals surface area contributed by atoms with Gasteiger partial charge in [-0.1, -0.05) is 39.7 Å². The van der Waals surface area contributed by atoms with Crippen LogP contribution < -0.4 is 10.0 Å². The summed E-state index contributed by atoms with van der Waals surface area (Å²) in [5.41, 5.74) is 3.26. The predicted molar refractivity (Wildman–Crippen MR) is 117 cm³/mol. The van der Waals surface area contributed by atoms with Gasteiger partial charge in [-0.3, -0.25) is 0 Å². The van der Waals surface area contributed by atoms with Gasteiger partial charge in [-0.2, -0.15) is 0 Å². The highest BCUT2D eigenvalue weighted by Crippen LogP contribution is 2.53. The summed E-state index contributed by atoms with van der Waals surface area (Å²) in [5.74, 6) is 0. The lowest BCUT2D eigenvalue weighted by atomic mass is 9.63. The van der Waals surface area contributed by atoms with Gasteiger partial charge in [0.15, 0.2) is 0 Å². The molecule has 0 saturated heterocycles. The van der Waals surface area contributed by atoms with Crippen molar-refractivity contribution in [3.63, 3.8) is 0 Å². The number of rotatable bonds is 5. The van der Waals surface area contributed by atoms with E-state index in [9.17, 15) is 8.42 Å². The van der Waals surface area contributed by atoms with Crippen LogP contribution in [0.15, 0.2) is 64.0 Å². The van der Waals surface area contributed by atoms with E-state index in [0.29, 0.717) is 18.0 Å². The first-order valence-corrected chi connectivity index (χ1v) is 12.0. The largest absolute Gasteiger partial charge is 0.381 e. The molecule has 2 atom stereocenters. The lowest BCUT2D eigenvalue weighted by Gasteiger charge is -2.42. The Kier molecular flexibility index (Phi) is 5.33. The van der Waals surface area contributed by atoms with Crippen molar-refractivity contribution in [1.82, 2.24) is 4.72 Å². The summed E-state index contributed by atoms with van der Waals surface area (Å²) in [6.45, 7) is 4.73. The van der Waals surface area contributed by atoms with Crippen LogP contribution in [-0.4, -0.2) is 21.0 Å². The third kappa shape index (κ3) is 3.41. The zero-order valence-corrected chi connectivity index (χ0v) is 18.5. The Morgan fingerprint density at radius 2 is 2.00 bits per heavy atom. The van der Waals surface area contributed by atoms with Crippen molar-refractivity contribution in [1.29, 1.82) is 0 Å². The molecule has 1 saturated carbocycles. The van der Waals surface area contributed by atoms with Crippen LogP contribution >= 0.6 is 27.5 Å². The van der Waals surface area contributed by atoms with Gasteiger partial charge >= 0.3 is 0 Å². The second-order valence-electron chi connectivity index (χ2n) is 7.46. The molecule has 0 radical (unpaired) electrons. The molecule has 0 bridgehead atoms. The molecule has 0 aromatic heterocycles. The van der Waals surface area contributed by atoms with Crippen molar-refractivity contribution >= 4 is 43.2 Å². The topological polar surface area (TPSA) is 58.2 Å². The number of benzene rings is 2. The molecule has 0 unspecified atom stereocenters. The van der Waals surface area contributed by atoms with E-state index in [2.05, 4.69) is 44.7 Å². The first-order chi connectivity index (χ1) is 13.3. The van der Waals surface area contributed by atoms with Gasteiger partial charge in [0.05, 0.1) is 4.90 Å². The second kappa shape index (κ2) is 7.48. The summed E-state index contributed by atoms with van der Waals surface area (Å²) in [6, 6.07) is 12.7. The van der Waals surface area contributed by atoms with Gasteiger partial charge in [-0.15, -0.1) is 0 Å². The summed E-state index contributed by atoms with van der Waals surface area (Å²) in [6.07, 6.45) is 3.78. The van der Waals surface area contributed by atoms with Crippen molar-refractivity contribution in [2.45, 2.75) is 42.0 Å². The van der Waals surface area contributed by atoms with E-state index in [1.807, 2.05) is 6.07 Å². The number of nitrogens with one attached hydrogen (secondary N) is 2. The lowest BCUT2D eigenvalue weighted by molar-refractivity contribution is 0.344. The van der Waals surface area contributed by atoms with E-state index in [1.165, 1.54) is 23.3 Å². The van der Waals surface area contributed by atoms with Gasteiger partial charge < -0.3 is 5.32 Å². The maximum absolute atomic E-state index is 12.7. The average Bonchev–Trinajstić information content (AvgIpc) is 2.97. The third-order valence-electron chi connectivity index (χ3n) is 5.92. The van der Waals surface area contributed by atoms with Crippen LogP contribution in [0.1, 0.15) is 31.2 Å². The van der Waals surface area contributed by atoms with Crippen molar-refractivity contribution in [2.24, 2.45) is 0 Å². The number of halogens is 2. The van der Waals surface area contributed by atoms with Crippen LogP contribution in [0.2, 0.25) is 5.02 Å². The molecule has 4 nitrogen and oxygen atoms in total. The van der Waals surface area contributed by atoms with E-state index in [1.54, 1.807) is 12.1 Å². The maximum Gasteiger partial charge on any atom is 0.240 e. The van der Waals surface area contributed by atoms with Crippen molar-refractivity contribution in [2.75, 3.05) is 11.9 Å². The highest BCUT2D eigenvalue weighted by molar-refractivity contribution is 9.10. The predicted octanol–water partition coefficient (Wildman–Crippen LogP) is 5.24. The SMILES string of the molecule is C=C1CCC[C@@H]2Nc3ccc(Br)cc3[C@]12CCNS(=O)(=O)c1ccc(Cl)cc1.